The van der Waals surface area contributed by atoms with E-state index in [1.165, 1.54) is 73.6 Å². The lowest BCUT2D eigenvalue weighted by Crippen LogP contribution is -2.18. The molecule has 0 aliphatic heterocycles. The van der Waals surface area contributed by atoms with Gasteiger partial charge in [0, 0.05) is 5.92 Å². The molecule has 2 atom stereocenters. The Bertz CT molecular complexity index is 1150. The largest absolute Gasteiger partial charge is 0.460 e. The van der Waals surface area contributed by atoms with E-state index in [1.54, 1.807) is 5.57 Å². The van der Waals surface area contributed by atoms with Gasteiger partial charge in [0.15, 0.2) is 0 Å². The smallest absolute Gasteiger partial charge is 0.335 e. The van der Waals surface area contributed by atoms with Crippen LogP contribution in [0.4, 0.5) is 0 Å². The molecule has 0 heterocycles. The van der Waals surface area contributed by atoms with Crippen LogP contribution in [0, 0.1) is 11.8 Å². The van der Waals surface area contributed by atoms with Crippen LogP contribution in [0.15, 0.2) is 72.4 Å². The number of aliphatic hydroxyl groups excluding tert-OH is 1. The number of rotatable bonds is 14. The van der Waals surface area contributed by atoms with E-state index >= 15 is 0 Å². The van der Waals surface area contributed by atoms with Gasteiger partial charge >= 0.3 is 5.97 Å². The molecule has 0 aromatic heterocycles. The Morgan fingerprint density at radius 1 is 1.00 bits per heavy atom. The molecule has 4 nitrogen and oxygen atoms in total. The average molecular weight is 559 g/mol. The zero-order valence-corrected chi connectivity index (χ0v) is 25.3. The molecule has 3 aliphatic carbocycles. The molecule has 1 saturated carbocycles. The molecule has 3 aliphatic rings. The van der Waals surface area contributed by atoms with E-state index in [0.717, 1.165) is 31.1 Å². The maximum Gasteiger partial charge on any atom is 0.335 e. The van der Waals surface area contributed by atoms with E-state index < -0.39 is 12.6 Å². The predicted octanol–water partition coefficient (Wildman–Crippen LogP) is 8.43. The fourth-order valence-corrected chi connectivity index (χ4v) is 6.53. The zero-order valence-electron chi connectivity index (χ0n) is 25.3. The quantitative estimate of drug-likeness (QED) is 0.141. The number of aliphatic hydroxyl groups is 1. The van der Waals surface area contributed by atoms with Crippen molar-refractivity contribution in [2.24, 2.45) is 11.8 Å². The first kappa shape index (κ1) is 31.3. The van der Waals surface area contributed by atoms with Gasteiger partial charge in [-0.2, -0.15) is 0 Å². The molecule has 1 fully saturated rings. The molecule has 0 bridgehead atoms. The zero-order chi connectivity index (χ0) is 29.0. The van der Waals surface area contributed by atoms with Gasteiger partial charge < -0.3 is 14.6 Å². The number of ether oxygens (including phenoxy) is 2. The van der Waals surface area contributed by atoms with Crippen LogP contribution in [0.5, 0.6) is 0 Å². The van der Waals surface area contributed by atoms with Crippen molar-refractivity contribution in [2.75, 3.05) is 19.8 Å². The lowest BCUT2D eigenvalue weighted by atomic mass is 9.74. The summed E-state index contributed by atoms with van der Waals surface area (Å²) in [6, 6.07) is 6.98. The Kier molecular flexibility index (Phi) is 12.3. The maximum absolute atomic E-state index is 11.6. The number of carbonyl (C=O) groups excluding carboxylic acids is 1. The highest BCUT2D eigenvalue weighted by Crippen LogP contribution is 2.39. The minimum atomic E-state index is -0.580. The van der Waals surface area contributed by atoms with Crippen molar-refractivity contribution in [1.29, 1.82) is 0 Å². The van der Waals surface area contributed by atoms with Crippen molar-refractivity contribution in [3.8, 4) is 0 Å². The summed E-state index contributed by atoms with van der Waals surface area (Å²) in [4.78, 5) is 11.6. The van der Waals surface area contributed by atoms with Crippen LogP contribution in [-0.4, -0.2) is 37.0 Å². The van der Waals surface area contributed by atoms with Crippen LogP contribution in [0.1, 0.15) is 101 Å². The van der Waals surface area contributed by atoms with Gasteiger partial charge in [-0.1, -0.05) is 101 Å². The Morgan fingerprint density at radius 3 is 2.49 bits per heavy atom. The average Bonchev–Trinajstić information content (AvgIpc) is 3.03. The second-order valence-electron chi connectivity index (χ2n) is 11.9. The molecular formula is C37H50O4. The van der Waals surface area contributed by atoms with Crippen molar-refractivity contribution in [3.63, 3.8) is 0 Å². The molecule has 41 heavy (non-hydrogen) atoms. The molecule has 2 unspecified atom stereocenters. The Hall–Kier alpha value is -2.69. The van der Waals surface area contributed by atoms with Gasteiger partial charge in [0.25, 0.3) is 0 Å². The highest BCUT2D eigenvalue weighted by Gasteiger charge is 2.25. The summed E-state index contributed by atoms with van der Waals surface area (Å²) in [5, 5.41) is 8.93. The first-order chi connectivity index (χ1) is 20.0. The molecule has 1 N–H and O–H groups in total. The van der Waals surface area contributed by atoms with Gasteiger partial charge in [-0.15, -0.1) is 0 Å². The topological polar surface area (TPSA) is 55.8 Å². The minimum absolute atomic E-state index is 0.0344. The van der Waals surface area contributed by atoms with Gasteiger partial charge in [-0.3, -0.25) is 0 Å². The summed E-state index contributed by atoms with van der Waals surface area (Å²) in [7, 11) is 0. The van der Waals surface area contributed by atoms with E-state index in [1.807, 2.05) is 0 Å². The van der Waals surface area contributed by atoms with Gasteiger partial charge in [-0.05, 0) is 84.6 Å². The third kappa shape index (κ3) is 8.90. The summed E-state index contributed by atoms with van der Waals surface area (Å²) in [5.74, 6) is 1.61. The number of carbonyl (C=O) groups is 1. The van der Waals surface area contributed by atoms with Gasteiger partial charge in [-0.25, -0.2) is 4.79 Å². The second kappa shape index (κ2) is 16.1. The monoisotopic (exact) mass is 558 g/mol. The SMILES string of the molecule is C=C(CO)C(=O)OCCOC1C=CC(c2ccc(C3C=CC(C4CCC(CCCCC)CC4)=CC3)c(CC)c2)=CC1. The lowest BCUT2D eigenvalue weighted by molar-refractivity contribution is -0.141. The number of aryl methyl sites for hydroxylation is 1. The Balaban J connectivity index is 1.26. The molecular weight excluding hydrogens is 508 g/mol. The molecule has 0 amide bonds. The van der Waals surface area contributed by atoms with Crippen LogP contribution >= 0.6 is 0 Å². The number of benzene rings is 1. The fourth-order valence-electron chi connectivity index (χ4n) is 6.53. The number of hydrogen-bond acceptors (Lipinski definition) is 4. The standard InChI is InChI=1S/C37H50O4/c1-4-6-7-8-28-9-11-30(12-10-28)31-13-15-33(16-14-31)36-22-19-34(25-29(36)5-2)32-17-20-35(21-18-32)40-23-24-41-37(39)27(3)26-38/h13-15,17-20,22,25,28,30,33,35,38H,3-12,16,21,23-24,26H2,1-2H3. The predicted molar refractivity (Wildman–Crippen MR) is 169 cm³/mol. The molecule has 4 heteroatoms. The molecule has 1 aromatic rings. The number of esters is 1. The van der Waals surface area contributed by atoms with E-state index in [0.29, 0.717) is 12.5 Å². The molecule has 4 rings (SSSR count). The van der Waals surface area contributed by atoms with E-state index in [-0.39, 0.29) is 18.3 Å². The second-order valence-corrected chi connectivity index (χ2v) is 11.9. The Morgan fingerprint density at radius 2 is 1.83 bits per heavy atom. The summed E-state index contributed by atoms with van der Waals surface area (Å²) in [6.45, 7) is 8.08. The summed E-state index contributed by atoms with van der Waals surface area (Å²) in [5.41, 5.74) is 7.01. The van der Waals surface area contributed by atoms with E-state index in [9.17, 15) is 4.79 Å². The third-order valence-corrected chi connectivity index (χ3v) is 9.11. The number of allylic oxidation sites excluding steroid dienone is 6. The van der Waals surface area contributed by atoms with Crippen LogP contribution in [0.3, 0.4) is 0 Å². The molecule has 222 valence electrons. The first-order valence-corrected chi connectivity index (χ1v) is 16.0. The third-order valence-electron chi connectivity index (χ3n) is 9.11. The van der Waals surface area contributed by atoms with Gasteiger partial charge in [0.2, 0.25) is 0 Å². The van der Waals surface area contributed by atoms with E-state index in [4.69, 9.17) is 14.6 Å². The van der Waals surface area contributed by atoms with Crippen LogP contribution in [-0.2, 0) is 20.7 Å². The van der Waals surface area contributed by atoms with Crippen LogP contribution < -0.4 is 0 Å². The van der Waals surface area contributed by atoms with Gasteiger partial charge in [0.1, 0.15) is 6.61 Å². The summed E-state index contributed by atoms with van der Waals surface area (Å²) < 4.78 is 10.9. The molecule has 1 aromatic carbocycles. The Labute approximate surface area is 247 Å². The fraction of sp³-hybridized carbons (Fsp3) is 0.541. The number of hydrogen-bond donors (Lipinski definition) is 1. The highest BCUT2D eigenvalue weighted by atomic mass is 16.6. The van der Waals surface area contributed by atoms with Crippen LogP contribution in [0.2, 0.25) is 0 Å². The van der Waals surface area contributed by atoms with Crippen molar-refractivity contribution in [3.05, 3.63) is 89.1 Å². The minimum Gasteiger partial charge on any atom is -0.460 e. The van der Waals surface area contributed by atoms with Crippen molar-refractivity contribution in [1.82, 2.24) is 0 Å². The highest BCUT2D eigenvalue weighted by molar-refractivity contribution is 5.87. The van der Waals surface area contributed by atoms with E-state index in [2.05, 4.69) is 75.1 Å². The van der Waals surface area contributed by atoms with Crippen molar-refractivity contribution < 1.29 is 19.4 Å². The summed E-state index contributed by atoms with van der Waals surface area (Å²) >= 11 is 0. The first-order valence-electron chi connectivity index (χ1n) is 16.0. The van der Waals surface area contributed by atoms with Gasteiger partial charge in [0.05, 0.1) is 24.9 Å². The lowest BCUT2D eigenvalue weighted by Gasteiger charge is -2.31. The van der Waals surface area contributed by atoms with Crippen molar-refractivity contribution >= 4 is 11.5 Å². The van der Waals surface area contributed by atoms with Crippen LogP contribution in [0.25, 0.3) is 5.57 Å². The number of unbranched alkanes of at least 4 members (excludes halogenated alkanes) is 2. The summed E-state index contributed by atoms with van der Waals surface area (Å²) in [6.07, 6.45) is 27.9. The van der Waals surface area contributed by atoms with Crippen molar-refractivity contribution in [2.45, 2.75) is 96.5 Å². The maximum atomic E-state index is 11.6. The molecule has 0 spiro atoms. The molecule has 0 radical (unpaired) electrons. The normalized spacial score (nSPS) is 24.1. The molecule has 0 saturated heterocycles.